The zero-order chi connectivity index (χ0) is 16.3. The topological polar surface area (TPSA) is 61.2 Å². The highest BCUT2D eigenvalue weighted by molar-refractivity contribution is 7.74. The van der Waals surface area contributed by atoms with Crippen LogP contribution in [0.1, 0.15) is 0 Å². The van der Waals surface area contributed by atoms with Gasteiger partial charge in [-0.05, 0) is 29.8 Å². The fourth-order valence-electron chi connectivity index (χ4n) is 1.87. The van der Waals surface area contributed by atoms with E-state index >= 15 is 0 Å². The lowest BCUT2D eigenvalue weighted by Crippen LogP contribution is -2.21. The maximum absolute atomic E-state index is 13.5. The van der Waals surface area contributed by atoms with Gasteiger partial charge in [-0.2, -0.15) is 5.26 Å². The zero-order valence-electron chi connectivity index (χ0n) is 11.0. The first kappa shape index (κ1) is 16.6. The quantitative estimate of drug-likeness (QED) is 0.670. The summed E-state index contributed by atoms with van der Waals surface area (Å²) in [5.41, 5.74) is 1.30. The van der Waals surface area contributed by atoms with Crippen molar-refractivity contribution >= 4 is 39.8 Å². The molecule has 2 rings (SSSR count). The van der Waals surface area contributed by atoms with E-state index in [-0.39, 0.29) is 22.3 Å². The molecule has 2 aromatic carbocycles. The number of nitriles is 1. The minimum absolute atomic E-state index is 0.0000366. The summed E-state index contributed by atoms with van der Waals surface area (Å²) in [4.78, 5) is 0. The Bertz CT molecular complexity index is 826. The Morgan fingerprint density at radius 3 is 2.41 bits per heavy atom. The van der Waals surface area contributed by atoms with Crippen molar-refractivity contribution in [1.29, 1.82) is 5.26 Å². The summed E-state index contributed by atoms with van der Waals surface area (Å²) < 4.78 is 36.7. The highest BCUT2D eigenvalue weighted by Gasteiger charge is 2.12. The molecule has 114 valence electrons. The van der Waals surface area contributed by atoms with E-state index in [0.717, 1.165) is 4.31 Å². The molecule has 0 aliphatic heterocycles. The Morgan fingerprint density at radius 1 is 1.14 bits per heavy atom. The van der Waals surface area contributed by atoms with Gasteiger partial charge in [-0.25, -0.2) is 12.8 Å². The van der Waals surface area contributed by atoms with Crippen LogP contribution in [0.4, 0.5) is 10.1 Å². The average molecular weight is 359 g/mol. The molecule has 0 unspecified atom stereocenters. The fraction of sp³-hybridized carbons (Fsp3) is 0.0714. The largest absolute Gasteiger partial charge is 0.258 e. The van der Waals surface area contributed by atoms with Crippen LogP contribution in [0.5, 0.6) is 0 Å². The van der Waals surface area contributed by atoms with Gasteiger partial charge in [0.25, 0.3) is 0 Å². The second-order valence-electron chi connectivity index (χ2n) is 4.25. The van der Waals surface area contributed by atoms with Crippen molar-refractivity contribution in [2.45, 2.75) is 0 Å². The molecule has 0 saturated carbocycles. The van der Waals surface area contributed by atoms with E-state index in [1.807, 2.05) is 0 Å². The van der Waals surface area contributed by atoms with Crippen molar-refractivity contribution in [3.8, 4) is 17.2 Å². The van der Waals surface area contributed by atoms with E-state index in [0.29, 0.717) is 11.1 Å². The van der Waals surface area contributed by atoms with E-state index in [1.165, 1.54) is 24.3 Å². The van der Waals surface area contributed by atoms with Crippen LogP contribution in [0.15, 0.2) is 36.4 Å². The number of nitrogens with zero attached hydrogens (tertiary/aromatic N) is 2. The van der Waals surface area contributed by atoms with Gasteiger partial charge >= 0.3 is 0 Å². The third kappa shape index (κ3) is 3.50. The molecule has 0 aliphatic rings. The molecule has 0 amide bonds. The molecule has 0 bridgehead atoms. The molecule has 22 heavy (non-hydrogen) atoms. The van der Waals surface area contributed by atoms with Crippen LogP contribution in [0, 0.1) is 17.1 Å². The second kappa shape index (κ2) is 6.97. The van der Waals surface area contributed by atoms with Crippen LogP contribution >= 0.6 is 23.2 Å². The molecule has 4 nitrogen and oxygen atoms in total. The highest BCUT2D eigenvalue weighted by atomic mass is 35.5. The standard InChI is InChI=1S/C14H9Cl2FN2O2S/c15-12-4-1-9(7-14(12)17)11-3-2-10(8-13(11)16)19(6-5-18)22(20)21/h1-4,7-8,22H,6H2. The Morgan fingerprint density at radius 2 is 1.86 bits per heavy atom. The first-order valence-electron chi connectivity index (χ1n) is 5.98. The van der Waals surface area contributed by atoms with E-state index in [9.17, 15) is 12.8 Å². The minimum Gasteiger partial charge on any atom is -0.258 e. The number of anilines is 1. The Balaban J connectivity index is 2.45. The van der Waals surface area contributed by atoms with Gasteiger partial charge in [-0.1, -0.05) is 35.3 Å². The van der Waals surface area contributed by atoms with Crippen molar-refractivity contribution in [1.82, 2.24) is 0 Å². The van der Waals surface area contributed by atoms with Gasteiger partial charge in [0, 0.05) is 5.56 Å². The van der Waals surface area contributed by atoms with E-state index in [2.05, 4.69) is 0 Å². The monoisotopic (exact) mass is 358 g/mol. The molecular weight excluding hydrogens is 350 g/mol. The summed E-state index contributed by atoms with van der Waals surface area (Å²) in [5, 5.41) is 8.89. The average Bonchev–Trinajstić information content (AvgIpc) is 2.47. The molecule has 0 fully saturated rings. The lowest BCUT2D eigenvalue weighted by molar-refractivity contribution is 0.612. The third-order valence-corrected chi connectivity index (χ3v) is 4.28. The maximum atomic E-state index is 13.5. The van der Waals surface area contributed by atoms with Crippen LogP contribution < -0.4 is 4.31 Å². The second-order valence-corrected chi connectivity index (χ2v) is 6.02. The molecule has 8 heteroatoms. The molecule has 0 heterocycles. The van der Waals surface area contributed by atoms with Crippen LogP contribution in [0.25, 0.3) is 11.1 Å². The van der Waals surface area contributed by atoms with E-state index in [1.54, 1.807) is 18.2 Å². The first-order chi connectivity index (χ1) is 10.4. The lowest BCUT2D eigenvalue weighted by Gasteiger charge is -2.15. The summed E-state index contributed by atoms with van der Waals surface area (Å²) in [6, 6.07) is 10.5. The maximum Gasteiger partial charge on any atom is 0.225 e. The molecule has 0 aliphatic carbocycles. The highest BCUT2D eigenvalue weighted by Crippen LogP contribution is 2.33. The molecule has 0 aromatic heterocycles. The summed E-state index contributed by atoms with van der Waals surface area (Å²) in [6.07, 6.45) is 0. The van der Waals surface area contributed by atoms with Gasteiger partial charge in [0.05, 0.1) is 21.8 Å². The van der Waals surface area contributed by atoms with Gasteiger partial charge < -0.3 is 0 Å². The minimum atomic E-state index is -2.96. The third-order valence-electron chi connectivity index (χ3n) is 2.90. The molecular formula is C14H9Cl2FN2O2S. The summed E-state index contributed by atoms with van der Waals surface area (Å²) in [7, 11) is -2.96. The predicted octanol–water partition coefficient (Wildman–Crippen LogP) is 3.66. The van der Waals surface area contributed by atoms with Gasteiger partial charge in [0.2, 0.25) is 10.9 Å². The Hall–Kier alpha value is -1.81. The molecule has 2 aromatic rings. The van der Waals surface area contributed by atoms with Crippen LogP contribution in [-0.2, 0) is 10.9 Å². The number of hydrogen-bond acceptors (Lipinski definition) is 3. The molecule has 0 N–H and O–H groups in total. The number of thiol groups is 1. The normalized spacial score (nSPS) is 10.5. The van der Waals surface area contributed by atoms with Crippen molar-refractivity contribution in [3.05, 3.63) is 52.3 Å². The van der Waals surface area contributed by atoms with Crippen molar-refractivity contribution < 1.29 is 12.8 Å². The lowest BCUT2D eigenvalue weighted by atomic mass is 10.1. The van der Waals surface area contributed by atoms with Crippen LogP contribution in [-0.4, -0.2) is 15.0 Å². The van der Waals surface area contributed by atoms with Gasteiger partial charge in [-0.3, -0.25) is 4.31 Å². The fourth-order valence-corrected chi connectivity index (χ4v) is 2.77. The smallest absolute Gasteiger partial charge is 0.225 e. The number of benzene rings is 2. The number of hydrogen-bond donors (Lipinski definition) is 1. The van der Waals surface area contributed by atoms with Crippen LogP contribution in [0.3, 0.4) is 0 Å². The van der Waals surface area contributed by atoms with E-state index < -0.39 is 16.7 Å². The Labute approximate surface area is 138 Å². The van der Waals surface area contributed by atoms with Crippen LogP contribution in [0.2, 0.25) is 10.0 Å². The zero-order valence-corrected chi connectivity index (χ0v) is 13.4. The summed E-state index contributed by atoms with van der Waals surface area (Å²) in [6.45, 7) is -0.316. The SMILES string of the molecule is N#CCN(c1ccc(-c2ccc(Cl)c(F)c2)c(Cl)c1)[SH](=O)=O. The summed E-state index contributed by atoms with van der Waals surface area (Å²) >= 11 is 11.8. The number of halogens is 3. The summed E-state index contributed by atoms with van der Waals surface area (Å²) in [5.74, 6) is -0.576. The van der Waals surface area contributed by atoms with Crippen molar-refractivity contribution in [3.63, 3.8) is 0 Å². The van der Waals surface area contributed by atoms with Crippen molar-refractivity contribution in [2.75, 3.05) is 10.8 Å². The Kier molecular flexibility index (Phi) is 5.24. The van der Waals surface area contributed by atoms with Gasteiger partial charge in [0.15, 0.2) is 0 Å². The van der Waals surface area contributed by atoms with E-state index in [4.69, 9.17) is 28.5 Å². The molecule has 0 spiro atoms. The molecule has 0 radical (unpaired) electrons. The molecule has 0 saturated heterocycles. The van der Waals surface area contributed by atoms with Gasteiger partial charge in [0.1, 0.15) is 12.4 Å². The number of rotatable bonds is 4. The predicted molar refractivity (Wildman–Crippen MR) is 85.1 cm³/mol. The molecule has 0 atom stereocenters. The van der Waals surface area contributed by atoms with Crippen molar-refractivity contribution in [2.24, 2.45) is 0 Å². The van der Waals surface area contributed by atoms with Gasteiger partial charge in [-0.15, -0.1) is 0 Å². The first-order valence-corrected chi connectivity index (χ1v) is 7.86.